The van der Waals surface area contributed by atoms with E-state index < -0.39 is 0 Å². The molecule has 2 aromatic rings. The molecular weight excluding hydrogens is 374 g/mol. The summed E-state index contributed by atoms with van der Waals surface area (Å²) >= 11 is 1.46. The van der Waals surface area contributed by atoms with Gasteiger partial charge in [-0.3, -0.25) is 14.9 Å². The van der Waals surface area contributed by atoms with Gasteiger partial charge in [0.05, 0.1) is 5.69 Å². The van der Waals surface area contributed by atoms with Crippen LogP contribution >= 0.6 is 11.3 Å². The molecule has 1 saturated heterocycles. The lowest BCUT2D eigenvalue weighted by molar-refractivity contribution is -0.139. The first-order chi connectivity index (χ1) is 13.3. The van der Waals surface area contributed by atoms with Crippen LogP contribution in [-0.2, 0) is 4.79 Å². The highest BCUT2D eigenvalue weighted by Crippen LogP contribution is 2.24. The third-order valence-electron chi connectivity index (χ3n) is 5.21. The SMILES string of the molecule is Cc1nc(NC(=O)c2ccc(OCC(=O)N3[C@H](C)CCC[C@@H]3C)cc2)sc1C. The van der Waals surface area contributed by atoms with Crippen molar-refractivity contribution in [1.82, 2.24) is 9.88 Å². The molecule has 0 bridgehead atoms. The van der Waals surface area contributed by atoms with Crippen molar-refractivity contribution in [2.24, 2.45) is 0 Å². The summed E-state index contributed by atoms with van der Waals surface area (Å²) in [6.07, 6.45) is 3.24. The highest BCUT2D eigenvalue weighted by Gasteiger charge is 2.28. The number of rotatable bonds is 5. The number of aryl methyl sites for hydroxylation is 2. The molecule has 0 aliphatic carbocycles. The molecular formula is C21H27N3O3S. The van der Waals surface area contributed by atoms with Crippen molar-refractivity contribution < 1.29 is 14.3 Å². The topological polar surface area (TPSA) is 71.5 Å². The number of hydrogen-bond acceptors (Lipinski definition) is 5. The summed E-state index contributed by atoms with van der Waals surface area (Å²) in [7, 11) is 0. The lowest BCUT2D eigenvalue weighted by Crippen LogP contribution is -2.49. The summed E-state index contributed by atoms with van der Waals surface area (Å²) in [4.78, 5) is 32.2. The van der Waals surface area contributed by atoms with Crippen molar-refractivity contribution in [3.8, 4) is 5.75 Å². The van der Waals surface area contributed by atoms with Gasteiger partial charge < -0.3 is 9.64 Å². The van der Waals surface area contributed by atoms with E-state index in [0.717, 1.165) is 29.8 Å². The van der Waals surface area contributed by atoms with Gasteiger partial charge >= 0.3 is 0 Å². The van der Waals surface area contributed by atoms with Gasteiger partial charge in [0.15, 0.2) is 11.7 Å². The molecule has 2 atom stereocenters. The molecule has 2 heterocycles. The van der Waals surface area contributed by atoms with E-state index in [1.54, 1.807) is 24.3 Å². The molecule has 1 fully saturated rings. The minimum absolute atomic E-state index is 0.0102. The molecule has 0 spiro atoms. The number of amides is 2. The Morgan fingerprint density at radius 3 is 2.39 bits per heavy atom. The van der Waals surface area contributed by atoms with Gasteiger partial charge in [-0.15, -0.1) is 11.3 Å². The quantitative estimate of drug-likeness (QED) is 0.816. The van der Waals surface area contributed by atoms with Gasteiger partial charge in [0.25, 0.3) is 11.8 Å². The van der Waals surface area contributed by atoms with Crippen LogP contribution in [0.25, 0.3) is 0 Å². The van der Waals surface area contributed by atoms with Gasteiger partial charge in [0.2, 0.25) is 0 Å². The van der Waals surface area contributed by atoms with Gasteiger partial charge in [-0.1, -0.05) is 0 Å². The summed E-state index contributed by atoms with van der Waals surface area (Å²) in [6, 6.07) is 7.31. The molecule has 7 heteroatoms. The average molecular weight is 402 g/mol. The molecule has 3 rings (SSSR count). The molecule has 1 aromatic carbocycles. The average Bonchev–Trinajstić information content (AvgIpc) is 2.97. The van der Waals surface area contributed by atoms with Gasteiger partial charge in [-0.2, -0.15) is 0 Å². The third kappa shape index (κ3) is 4.70. The molecule has 6 nitrogen and oxygen atoms in total. The first-order valence-corrected chi connectivity index (χ1v) is 10.5. The summed E-state index contributed by atoms with van der Waals surface area (Å²) in [6.45, 7) is 8.08. The van der Waals surface area contributed by atoms with E-state index in [0.29, 0.717) is 16.4 Å². The Balaban J connectivity index is 1.55. The third-order valence-corrected chi connectivity index (χ3v) is 6.20. The van der Waals surface area contributed by atoms with E-state index in [1.165, 1.54) is 11.3 Å². The standard InChI is InChI=1S/C21H27N3O3S/c1-13-6-5-7-14(2)24(13)19(25)12-27-18-10-8-17(9-11-18)20(26)23-21-22-15(3)16(4)28-21/h8-11,13-14H,5-7,12H2,1-4H3,(H,22,23,26)/t13-,14+. The zero-order valence-corrected chi connectivity index (χ0v) is 17.6. The van der Waals surface area contributed by atoms with Crippen molar-refractivity contribution in [2.45, 2.75) is 59.0 Å². The van der Waals surface area contributed by atoms with Crippen molar-refractivity contribution in [3.05, 3.63) is 40.4 Å². The van der Waals surface area contributed by atoms with Crippen LogP contribution in [0.3, 0.4) is 0 Å². The number of nitrogens with one attached hydrogen (secondary N) is 1. The molecule has 0 unspecified atom stereocenters. The van der Waals surface area contributed by atoms with Crippen LogP contribution in [0.15, 0.2) is 24.3 Å². The van der Waals surface area contributed by atoms with Crippen molar-refractivity contribution in [3.63, 3.8) is 0 Å². The number of thiazole rings is 1. The molecule has 1 aromatic heterocycles. The lowest BCUT2D eigenvalue weighted by Gasteiger charge is -2.38. The van der Waals surface area contributed by atoms with E-state index in [2.05, 4.69) is 24.1 Å². The highest BCUT2D eigenvalue weighted by atomic mass is 32.1. The Kier molecular flexibility index (Phi) is 6.34. The monoisotopic (exact) mass is 401 g/mol. The molecule has 150 valence electrons. The predicted molar refractivity (Wildman–Crippen MR) is 111 cm³/mol. The van der Waals surface area contributed by atoms with Crippen LogP contribution in [-0.4, -0.2) is 40.4 Å². The van der Waals surface area contributed by atoms with Gasteiger partial charge in [0, 0.05) is 22.5 Å². The van der Waals surface area contributed by atoms with Crippen LogP contribution in [0.1, 0.15) is 54.0 Å². The minimum Gasteiger partial charge on any atom is -0.484 e. The maximum Gasteiger partial charge on any atom is 0.260 e. The summed E-state index contributed by atoms with van der Waals surface area (Å²) < 4.78 is 5.66. The van der Waals surface area contributed by atoms with Gasteiger partial charge in [0.1, 0.15) is 5.75 Å². The summed E-state index contributed by atoms with van der Waals surface area (Å²) in [5.74, 6) is 0.367. The van der Waals surface area contributed by atoms with E-state index in [-0.39, 0.29) is 30.5 Å². The normalized spacial score (nSPS) is 19.4. The Hall–Kier alpha value is -2.41. The predicted octanol–water partition coefficient (Wildman–Crippen LogP) is 4.18. The van der Waals surface area contributed by atoms with E-state index in [9.17, 15) is 9.59 Å². The number of carbonyl (C=O) groups is 2. The number of ether oxygens (including phenoxy) is 1. The number of benzene rings is 1. The smallest absolute Gasteiger partial charge is 0.260 e. The largest absolute Gasteiger partial charge is 0.484 e. The van der Waals surface area contributed by atoms with Gasteiger partial charge in [-0.05, 0) is 71.2 Å². The summed E-state index contributed by atoms with van der Waals surface area (Å²) in [5, 5.41) is 3.40. The van der Waals surface area contributed by atoms with Crippen LogP contribution < -0.4 is 10.1 Å². The fraction of sp³-hybridized carbons (Fsp3) is 0.476. The fourth-order valence-corrected chi connectivity index (χ4v) is 4.34. The molecule has 1 N–H and O–H groups in total. The summed E-state index contributed by atoms with van der Waals surface area (Å²) in [5.41, 5.74) is 1.44. The number of anilines is 1. The first-order valence-electron chi connectivity index (χ1n) is 9.64. The molecule has 28 heavy (non-hydrogen) atoms. The molecule has 0 saturated carbocycles. The second-order valence-electron chi connectivity index (χ2n) is 7.36. The zero-order chi connectivity index (χ0) is 20.3. The lowest BCUT2D eigenvalue weighted by atomic mass is 9.97. The number of likely N-dealkylation sites (tertiary alicyclic amines) is 1. The van der Waals surface area contributed by atoms with Crippen LogP contribution in [0.5, 0.6) is 5.75 Å². The second-order valence-corrected chi connectivity index (χ2v) is 8.56. The van der Waals surface area contributed by atoms with Crippen LogP contribution in [0, 0.1) is 13.8 Å². The Labute approximate surface area is 169 Å². The highest BCUT2D eigenvalue weighted by molar-refractivity contribution is 7.15. The fourth-order valence-electron chi connectivity index (χ4n) is 3.53. The maximum atomic E-state index is 12.5. The van der Waals surface area contributed by atoms with Crippen molar-refractivity contribution in [1.29, 1.82) is 0 Å². The van der Waals surface area contributed by atoms with Crippen molar-refractivity contribution in [2.75, 3.05) is 11.9 Å². The Morgan fingerprint density at radius 1 is 1.18 bits per heavy atom. The molecule has 1 aliphatic rings. The first kappa shape index (κ1) is 20.3. The van der Waals surface area contributed by atoms with Crippen molar-refractivity contribution >= 4 is 28.3 Å². The Bertz CT molecular complexity index is 818. The number of aromatic nitrogens is 1. The molecule has 2 amide bonds. The van der Waals surface area contributed by atoms with E-state index in [4.69, 9.17) is 4.74 Å². The van der Waals surface area contributed by atoms with Crippen LogP contribution in [0.2, 0.25) is 0 Å². The van der Waals surface area contributed by atoms with E-state index in [1.807, 2.05) is 18.7 Å². The number of hydrogen-bond donors (Lipinski definition) is 1. The zero-order valence-electron chi connectivity index (χ0n) is 16.8. The number of nitrogens with zero attached hydrogens (tertiary/aromatic N) is 2. The second kappa shape index (κ2) is 8.73. The maximum absolute atomic E-state index is 12.5. The molecule has 0 radical (unpaired) electrons. The minimum atomic E-state index is -0.215. The Morgan fingerprint density at radius 2 is 1.82 bits per heavy atom. The van der Waals surface area contributed by atoms with Gasteiger partial charge in [-0.25, -0.2) is 4.98 Å². The van der Waals surface area contributed by atoms with E-state index >= 15 is 0 Å². The molecule has 1 aliphatic heterocycles. The number of piperidine rings is 1. The van der Waals surface area contributed by atoms with Crippen LogP contribution in [0.4, 0.5) is 5.13 Å². The number of carbonyl (C=O) groups excluding carboxylic acids is 2.